The van der Waals surface area contributed by atoms with E-state index in [-0.39, 0.29) is 28.1 Å². The van der Waals surface area contributed by atoms with E-state index >= 15 is 0 Å². The molecular weight excluding hydrogens is 252 g/mol. The summed E-state index contributed by atoms with van der Waals surface area (Å²) in [7, 11) is 1.48. The number of carbonyl (C=O) groups excluding carboxylic acids is 2. The van der Waals surface area contributed by atoms with Crippen molar-refractivity contribution in [3.05, 3.63) is 12.2 Å². The molecule has 3 aliphatic carbocycles. The molecule has 0 amide bonds. The lowest BCUT2D eigenvalue weighted by atomic mass is 9.56. The summed E-state index contributed by atoms with van der Waals surface area (Å²) in [5.74, 6) is 0.326. The third-order valence-corrected chi connectivity index (χ3v) is 7.06. The van der Waals surface area contributed by atoms with Gasteiger partial charge in [0.15, 0.2) is 0 Å². The highest BCUT2D eigenvalue weighted by atomic mass is 16.5. The number of rotatable bonds is 3. The molecule has 3 heteroatoms. The number of ether oxygens (including phenoxy) is 1. The van der Waals surface area contributed by atoms with Crippen LogP contribution < -0.4 is 0 Å². The highest BCUT2D eigenvalue weighted by molar-refractivity contribution is 5.75. The molecule has 1 spiro atoms. The molecule has 3 aliphatic rings. The van der Waals surface area contributed by atoms with E-state index in [0.717, 1.165) is 32.0 Å². The largest absolute Gasteiger partial charge is 0.469 e. The molecule has 2 saturated carbocycles. The molecule has 3 rings (SSSR count). The van der Waals surface area contributed by atoms with Crippen molar-refractivity contribution in [1.82, 2.24) is 0 Å². The van der Waals surface area contributed by atoms with Crippen molar-refractivity contribution < 1.29 is 14.3 Å². The van der Waals surface area contributed by atoms with Crippen LogP contribution >= 0.6 is 0 Å². The second-order valence-electron chi connectivity index (χ2n) is 7.23. The molecule has 0 aromatic rings. The Bertz CT molecular complexity index is 483. The molecule has 0 aliphatic heterocycles. The first-order chi connectivity index (χ1) is 9.45. The highest BCUT2D eigenvalue weighted by Gasteiger charge is 2.71. The zero-order valence-corrected chi connectivity index (χ0v) is 12.6. The van der Waals surface area contributed by atoms with Crippen LogP contribution in [0.2, 0.25) is 0 Å². The lowest BCUT2D eigenvalue weighted by Crippen LogP contribution is -2.44. The number of hydrogen-bond acceptors (Lipinski definition) is 3. The number of methoxy groups -OCH3 is 1. The Hall–Kier alpha value is -1.12. The van der Waals surface area contributed by atoms with E-state index in [4.69, 9.17) is 4.74 Å². The van der Waals surface area contributed by atoms with Crippen molar-refractivity contribution >= 4 is 12.3 Å². The molecule has 3 nitrogen and oxygen atoms in total. The summed E-state index contributed by atoms with van der Waals surface area (Å²) < 4.78 is 5.03. The van der Waals surface area contributed by atoms with Crippen LogP contribution in [0.1, 0.15) is 46.0 Å². The molecule has 0 aromatic heterocycles. The average molecular weight is 276 g/mol. The number of esters is 1. The van der Waals surface area contributed by atoms with Gasteiger partial charge in [-0.25, -0.2) is 0 Å². The van der Waals surface area contributed by atoms with Crippen LogP contribution in [0, 0.1) is 28.1 Å². The monoisotopic (exact) mass is 276 g/mol. The fourth-order valence-corrected chi connectivity index (χ4v) is 5.82. The van der Waals surface area contributed by atoms with Crippen LogP contribution in [0.4, 0.5) is 0 Å². The van der Waals surface area contributed by atoms with E-state index in [1.165, 1.54) is 7.11 Å². The topological polar surface area (TPSA) is 43.4 Å². The van der Waals surface area contributed by atoms with Gasteiger partial charge in [0.1, 0.15) is 6.29 Å². The first-order valence-corrected chi connectivity index (χ1v) is 7.67. The summed E-state index contributed by atoms with van der Waals surface area (Å²) >= 11 is 0. The Labute approximate surface area is 120 Å². The maximum atomic E-state index is 12.1. The van der Waals surface area contributed by atoms with Gasteiger partial charge in [-0.05, 0) is 42.4 Å². The quantitative estimate of drug-likeness (QED) is 0.452. The summed E-state index contributed by atoms with van der Waals surface area (Å²) in [5, 5.41) is 0. The highest BCUT2D eigenvalue weighted by Crippen LogP contribution is 2.76. The minimum absolute atomic E-state index is 0.0273. The first kappa shape index (κ1) is 13.8. The minimum Gasteiger partial charge on any atom is -0.469 e. The fourth-order valence-electron chi connectivity index (χ4n) is 5.82. The lowest BCUT2D eigenvalue weighted by molar-refractivity contribution is -0.149. The van der Waals surface area contributed by atoms with E-state index in [9.17, 15) is 9.59 Å². The van der Waals surface area contributed by atoms with E-state index < -0.39 is 0 Å². The predicted octanol–water partition coefficient (Wildman–Crippen LogP) is 3.14. The molecule has 0 bridgehead atoms. The van der Waals surface area contributed by atoms with Gasteiger partial charge < -0.3 is 9.53 Å². The summed E-state index contributed by atoms with van der Waals surface area (Å²) in [5.41, 5.74) is 0.102. The van der Waals surface area contributed by atoms with Crippen molar-refractivity contribution in [2.24, 2.45) is 28.1 Å². The van der Waals surface area contributed by atoms with Crippen LogP contribution in [0.15, 0.2) is 12.2 Å². The van der Waals surface area contributed by atoms with Crippen molar-refractivity contribution in [2.45, 2.75) is 46.0 Å². The zero-order chi connectivity index (χ0) is 14.6. The lowest BCUT2D eigenvalue weighted by Gasteiger charge is -2.47. The van der Waals surface area contributed by atoms with Crippen molar-refractivity contribution in [1.29, 1.82) is 0 Å². The van der Waals surface area contributed by atoms with E-state index in [2.05, 4.69) is 26.0 Å². The summed E-state index contributed by atoms with van der Waals surface area (Å²) in [6, 6.07) is 0. The van der Waals surface area contributed by atoms with E-state index in [1.807, 2.05) is 0 Å². The Kier molecular flexibility index (Phi) is 2.90. The second kappa shape index (κ2) is 4.19. The third-order valence-electron chi connectivity index (χ3n) is 7.06. The van der Waals surface area contributed by atoms with Crippen LogP contribution in [0.3, 0.4) is 0 Å². The van der Waals surface area contributed by atoms with Gasteiger partial charge in [-0.2, -0.15) is 0 Å². The molecule has 0 radical (unpaired) electrons. The van der Waals surface area contributed by atoms with Crippen molar-refractivity contribution in [3.8, 4) is 0 Å². The normalized spacial score (nSPS) is 49.0. The molecule has 0 heterocycles. The molecule has 0 saturated heterocycles. The first-order valence-electron chi connectivity index (χ1n) is 7.67. The Morgan fingerprint density at radius 3 is 2.55 bits per heavy atom. The maximum Gasteiger partial charge on any atom is 0.309 e. The smallest absolute Gasteiger partial charge is 0.309 e. The SMILES string of the molecule is COC(=O)C1CCC23CCC(CC=O)[C@@]2(C)C=C[C@]13C. The zero-order valence-electron chi connectivity index (χ0n) is 12.6. The molecule has 3 unspecified atom stereocenters. The fraction of sp³-hybridized carbons (Fsp3) is 0.765. The molecule has 110 valence electrons. The summed E-state index contributed by atoms with van der Waals surface area (Å²) in [6.45, 7) is 4.53. The van der Waals surface area contributed by atoms with Gasteiger partial charge >= 0.3 is 5.97 Å². The molecule has 2 fully saturated rings. The van der Waals surface area contributed by atoms with Crippen LogP contribution in [0.25, 0.3) is 0 Å². The standard InChI is InChI=1S/C17H24O3/c1-15-9-10-16(2)13(14(19)20-3)5-8-17(15,16)7-4-12(15)6-11-18/h9-13H,4-8H2,1-3H3/t12?,13?,15-,16-,17?/m1/s1. The number of carbonyl (C=O) groups is 2. The average Bonchev–Trinajstić information content (AvgIpc) is 2.96. The Balaban J connectivity index is 2.01. The van der Waals surface area contributed by atoms with Crippen LogP contribution in [0.5, 0.6) is 0 Å². The molecule has 0 N–H and O–H groups in total. The number of aldehydes is 1. The molecule has 20 heavy (non-hydrogen) atoms. The molecule has 5 atom stereocenters. The molecule has 0 aromatic carbocycles. The van der Waals surface area contributed by atoms with Gasteiger partial charge in [-0.3, -0.25) is 4.79 Å². The van der Waals surface area contributed by atoms with Gasteiger partial charge in [0.2, 0.25) is 0 Å². The number of hydrogen-bond donors (Lipinski definition) is 0. The van der Waals surface area contributed by atoms with Crippen LogP contribution in [-0.2, 0) is 14.3 Å². The van der Waals surface area contributed by atoms with Gasteiger partial charge in [0.05, 0.1) is 13.0 Å². The third kappa shape index (κ3) is 1.32. The Morgan fingerprint density at radius 2 is 1.90 bits per heavy atom. The van der Waals surface area contributed by atoms with Gasteiger partial charge in [-0.1, -0.05) is 26.0 Å². The summed E-state index contributed by atoms with van der Waals surface area (Å²) in [4.78, 5) is 23.1. The van der Waals surface area contributed by atoms with Crippen LogP contribution in [-0.4, -0.2) is 19.4 Å². The van der Waals surface area contributed by atoms with Gasteiger partial charge in [0.25, 0.3) is 0 Å². The van der Waals surface area contributed by atoms with Gasteiger partial charge in [0, 0.05) is 11.8 Å². The van der Waals surface area contributed by atoms with Crippen molar-refractivity contribution in [3.63, 3.8) is 0 Å². The Morgan fingerprint density at radius 1 is 1.25 bits per heavy atom. The van der Waals surface area contributed by atoms with E-state index in [1.54, 1.807) is 0 Å². The minimum atomic E-state index is -0.105. The number of allylic oxidation sites excluding steroid dienone is 2. The van der Waals surface area contributed by atoms with Gasteiger partial charge in [-0.15, -0.1) is 0 Å². The summed E-state index contributed by atoms with van der Waals surface area (Å²) in [6.07, 6.45) is 10.5. The van der Waals surface area contributed by atoms with Crippen molar-refractivity contribution in [2.75, 3.05) is 7.11 Å². The predicted molar refractivity (Wildman–Crippen MR) is 75.9 cm³/mol. The molecular formula is C17H24O3. The van der Waals surface area contributed by atoms with E-state index in [0.29, 0.717) is 12.3 Å². The maximum absolute atomic E-state index is 12.1. The second-order valence-corrected chi connectivity index (χ2v) is 7.23.